The zero-order valence-corrected chi connectivity index (χ0v) is 11.9. The summed E-state index contributed by atoms with van der Waals surface area (Å²) in [6, 6.07) is 7.95. The molecule has 1 aliphatic rings. The van der Waals surface area contributed by atoms with Gasteiger partial charge in [-0.25, -0.2) is 0 Å². The normalized spacial score (nSPS) is 24.8. The van der Waals surface area contributed by atoms with E-state index in [2.05, 4.69) is 5.32 Å². The van der Waals surface area contributed by atoms with E-state index in [0.29, 0.717) is 12.1 Å². The van der Waals surface area contributed by atoms with Crippen LogP contribution in [0.5, 0.6) is 0 Å². The van der Waals surface area contributed by atoms with Crippen molar-refractivity contribution in [1.82, 2.24) is 5.32 Å². The van der Waals surface area contributed by atoms with E-state index in [1.807, 2.05) is 0 Å². The van der Waals surface area contributed by atoms with Crippen molar-refractivity contribution in [3.05, 3.63) is 35.9 Å². The van der Waals surface area contributed by atoms with Gasteiger partial charge in [0.2, 0.25) is 0 Å². The third kappa shape index (κ3) is 5.32. The summed E-state index contributed by atoms with van der Waals surface area (Å²) in [5, 5.41) is 12.9. The summed E-state index contributed by atoms with van der Waals surface area (Å²) in [6.45, 7) is 0.427. The minimum Gasteiger partial charge on any atom is -0.393 e. The van der Waals surface area contributed by atoms with E-state index in [1.165, 1.54) is 0 Å². The molecule has 1 saturated carbocycles. The van der Waals surface area contributed by atoms with Gasteiger partial charge in [0.05, 0.1) is 12.5 Å². The molecule has 1 aromatic rings. The predicted octanol–water partition coefficient (Wildman–Crippen LogP) is 3.82. The Labute approximate surface area is 123 Å². The monoisotopic (exact) mass is 301 g/mol. The topological polar surface area (TPSA) is 32.3 Å². The van der Waals surface area contributed by atoms with Gasteiger partial charge in [0, 0.05) is 12.6 Å². The summed E-state index contributed by atoms with van der Waals surface area (Å²) in [4.78, 5) is 0. The number of benzene rings is 1. The first-order chi connectivity index (χ1) is 9.96. The molecule has 0 spiro atoms. The Hall–Kier alpha value is -1.07. The molecule has 1 aromatic carbocycles. The second kappa shape index (κ2) is 7.27. The number of hydrogen-bond acceptors (Lipinski definition) is 2. The van der Waals surface area contributed by atoms with Crippen LogP contribution in [0.1, 0.15) is 43.7 Å². The highest BCUT2D eigenvalue weighted by Crippen LogP contribution is 2.30. The second-order valence-electron chi connectivity index (χ2n) is 5.80. The molecule has 0 bridgehead atoms. The minimum atomic E-state index is -4.21. The predicted molar refractivity (Wildman–Crippen MR) is 75.8 cm³/mol. The Morgan fingerprint density at radius 2 is 1.81 bits per heavy atom. The van der Waals surface area contributed by atoms with Crippen LogP contribution >= 0.6 is 0 Å². The van der Waals surface area contributed by atoms with Crippen LogP contribution in [0.3, 0.4) is 0 Å². The van der Waals surface area contributed by atoms with E-state index < -0.39 is 24.7 Å². The van der Waals surface area contributed by atoms with Gasteiger partial charge in [-0.15, -0.1) is 0 Å². The third-order valence-corrected chi connectivity index (χ3v) is 4.13. The van der Waals surface area contributed by atoms with Crippen LogP contribution in [0.15, 0.2) is 30.3 Å². The molecule has 2 N–H and O–H groups in total. The van der Waals surface area contributed by atoms with E-state index in [-0.39, 0.29) is 5.92 Å². The molecule has 0 aromatic heterocycles. The van der Waals surface area contributed by atoms with Gasteiger partial charge in [-0.1, -0.05) is 43.2 Å². The molecule has 0 aliphatic heterocycles. The molecule has 118 valence electrons. The minimum absolute atomic E-state index is 0.0539. The quantitative estimate of drug-likeness (QED) is 0.866. The van der Waals surface area contributed by atoms with Crippen LogP contribution < -0.4 is 5.32 Å². The molecule has 1 fully saturated rings. The van der Waals surface area contributed by atoms with Gasteiger partial charge in [0.15, 0.2) is 0 Å². The van der Waals surface area contributed by atoms with Crippen molar-refractivity contribution in [2.24, 2.45) is 5.92 Å². The summed E-state index contributed by atoms with van der Waals surface area (Å²) in [7, 11) is 0. The first kappa shape index (κ1) is 16.3. The summed E-state index contributed by atoms with van der Waals surface area (Å²) >= 11 is 0. The van der Waals surface area contributed by atoms with Crippen molar-refractivity contribution >= 4 is 0 Å². The van der Waals surface area contributed by atoms with Crippen molar-refractivity contribution in [2.75, 3.05) is 6.54 Å². The summed E-state index contributed by atoms with van der Waals surface area (Å²) in [5.74, 6) is 0.0539. The molecule has 5 heteroatoms. The van der Waals surface area contributed by atoms with Crippen molar-refractivity contribution in [3.8, 4) is 0 Å². The summed E-state index contributed by atoms with van der Waals surface area (Å²) in [5.41, 5.74) is 0.639. The van der Waals surface area contributed by atoms with Gasteiger partial charge >= 0.3 is 6.18 Å². The summed E-state index contributed by atoms with van der Waals surface area (Å²) in [6.07, 6.45) is -1.82. The second-order valence-corrected chi connectivity index (χ2v) is 5.80. The van der Waals surface area contributed by atoms with E-state index in [4.69, 9.17) is 0 Å². The van der Waals surface area contributed by atoms with Crippen LogP contribution in [-0.2, 0) is 0 Å². The molecule has 21 heavy (non-hydrogen) atoms. The maximum Gasteiger partial charge on any atom is 0.390 e. The Morgan fingerprint density at radius 1 is 1.14 bits per heavy atom. The van der Waals surface area contributed by atoms with Gasteiger partial charge in [-0.2, -0.15) is 13.2 Å². The van der Waals surface area contributed by atoms with Crippen molar-refractivity contribution < 1.29 is 18.3 Å². The smallest absolute Gasteiger partial charge is 0.390 e. The zero-order chi connectivity index (χ0) is 15.3. The van der Waals surface area contributed by atoms with E-state index in [0.717, 1.165) is 25.7 Å². The van der Waals surface area contributed by atoms with E-state index in [1.54, 1.807) is 30.3 Å². The number of nitrogens with one attached hydrogen (secondary N) is 1. The Balaban J connectivity index is 1.99. The van der Waals surface area contributed by atoms with Gasteiger partial charge < -0.3 is 10.4 Å². The molecule has 1 aliphatic carbocycles. The Kier molecular flexibility index (Phi) is 5.65. The van der Waals surface area contributed by atoms with Crippen molar-refractivity contribution in [2.45, 2.75) is 50.4 Å². The maximum atomic E-state index is 12.7. The lowest BCUT2D eigenvalue weighted by Gasteiger charge is -2.30. The SMILES string of the molecule is OC1CCCCC1CNC(CC(F)(F)F)c1ccccc1. The molecule has 0 saturated heterocycles. The van der Waals surface area contributed by atoms with E-state index in [9.17, 15) is 18.3 Å². The molecule has 0 radical (unpaired) electrons. The number of aliphatic hydroxyl groups is 1. The first-order valence-corrected chi connectivity index (χ1v) is 7.49. The van der Waals surface area contributed by atoms with Crippen molar-refractivity contribution in [1.29, 1.82) is 0 Å². The molecule has 2 nitrogen and oxygen atoms in total. The van der Waals surface area contributed by atoms with Crippen LogP contribution in [0.2, 0.25) is 0 Å². The number of hydrogen-bond donors (Lipinski definition) is 2. The lowest BCUT2D eigenvalue weighted by Crippen LogP contribution is -2.36. The van der Waals surface area contributed by atoms with Crippen LogP contribution in [-0.4, -0.2) is 23.9 Å². The standard InChI is InChI=1S/C16H22F3NO/c17-16(18,19)10-14(12-6-2-1-3-7-12)20-11-13-8-4-5-9-15(13)21/h1-3,6-7,13-15,20-21H,4-5,8-11H2. The van der Waals surface area contributed by atoms with Gasteiger partial charge in [-0.3, -0.25) is 0 Å². The van der Waals surface area contributed by atoms with Gasteiger partial charge in [0.1, 0.15) is 0 Å². The fourth-order valence-corrected chi connectivity index (χ4v) is 2.94. The number of halogens is 3. The number of aliphatic hydroxyl groups excluding tert-OH is 1. The molecule has 3 unspecified atom stereocenters. The Bertz CT molecular complexity index is 421. The zero-order valence-electron chi connectivity index (χ0n) is 11.9. The maximum absolute atomic E-state index is 12.7. The largest absolute Gasteiger partial charge is 0.393 e. The number of rotatable bonds is 5. The highest BCUT2D eigenvalue weighted by atomic mass is 19.4. The fourth-order valence-electron chi connectivity index (χ4n) is 2.94. The molecule has 0 heterocycles. The fraction of sp³-hybridized carbons (Fsp3) is 0.625. The Morgan fingerprint density at radius 3 is 2.43 bits per heavy atom. The highest BCUT2D eigenvalue weighted by molar-refractivity contribution is 5.19. The van der Waals surface area contributed by atoms with E-state index >= 15 is 0 Å². The molecular weight excluding hydrogens is 279 g/mol. The first-order valence-electron chi connectivity index (χ1n) is 7.49. The van der Waals surface area contributed by atoms with Gasteiger partial charge in [-0.05, 0) is 24.3 Å². The van der Waals surface area contributed by atoms with Crippen molar-refractivity contribution in [3.63, 3.8) is 0 Å². The summed E-state index contributed by atoms with van der Waals surface area (Å²) < 4.78 is 38.2. The lowest BCUT2D eigenvalue weighted by molar-refractivity contribution is -0.140. The highest BCUT2D eigenvalue weighted by Gasteiger charge is 2.33. The molecular formula is C16H22F3NO. The lowest BCUT2D eigenvalue weighted by atomic mass is 9.86. The van der Waals surface area contributed by atoms with Gasteiger partial charge in [0.25, 0.3) is 0 Å². The van der Waals surface area contributed by atoms with Crippen LogP contribution in [0.25, 0.3) is 0 Å². The number of alkyl halides is 3. The molecule has 3 atom stereocenters. The van der Waals surface area contributed by atoms with Crippen LogP contribution in [0.4, 0.5) is 13.2 Å². The molecule has 0 amide bonds. The molecule has 2 rings (SSSR count). The third-order valence-electron chi connectivity index (χ3n) is 4.13. The van der Waals surface area contributed by atoms with Crippen LogP contribution in [0, 0.1) is 5.92 Å². The average molecular weight is 301 g/mol. The average Bonchev–Trinajstić information content (AvgIpc) is 2.45.